The van der Waals surface area contributed by atoms with Crippen molar-refractivity contribution in [1.82, 2.24) is 0 Å². The van der Waals surface area contributed by atoms with Crippen LogP contribution in [0, 0.1) is 5.82 Å². The van der Waals surface area contributed by atoms with Crippen molar-refractivity contribution in [3.63, 3.8) is 0 Å². The van der Waals surface area contributed by atoms with Crippen molar-refractivity contribution in [3.8, 4) is 0 Å². The van der Waals surface area contributed by atoms with E-state index in [1.165, 1.54) is 6.07 Å². The van der Waals surface area contributed by atoms with Gasteiger partial charge in [0.15, 0.2) is 0 Å². The van der Waals surface area contributed by atoms with Gasteiger partial charge in [0.1, 0.15) is 5.82 Å². The van der Waals surface area contributed by atoms with Crippen molar-refractivity contribution in [2.45, 2.75) is 19.1 Å². The maximum absolute atomic E-state index is 13.0. The van der Waals surface area contributed by atoms with Gasteiger partial charge in [-0.2, -0.15) is 0 Å². The SMILES string of the molecule is C[C@H](O)[C@H](N)c1ccc(Br)c(F)c1. The molecule has 0 aliphatic carbocycles. The van der Waals surface area contributed by atoms with E-state index in [4.69, 9.17) is 5.73 Å². The molecule has 0 amide bonds. The molecule has 0 fully saturated rings. The van der Waals surface area contributed by atoms with Crippen LogP contribution in [0.25, 0.3) is 0 Å². The van der Waals surface area contributed by atoms with E-state index in [9.17, 15) is 9.50 Å². The summed E-state index contributed by atoms with van der Waals surface area (Å²) in [5.41, 5.74) is 6.22. The first-order valence-electron chi connectivity index (χ1n) is 3.91. The minimum atomic E-state index is -0.680. The van der Waals surface area contributed by atoms with Gasteiger partial charge in [-0.25, -0.2) is 4.39 Å². The highest BCUT2D eigenvalue weighted by atomic mass is 79.9. The van der Waals surface area contributed by atoms with Crippen LogP contribution >= 0.6 is 15.9 Å². The molecule has 1 aromatic carbocycles. The van der Waals surface area contributed by atoms with Crippen molar-refractivity contribution >= 4 is 15.9 Å². The number of aliphatic hydroxyl groups is 1. The molecule has 0 radical (unpaired) electrons. The van der Waals surface area contributed by atoms with E-state index in [2.05, 4.69) is 15.9 Å². The van der Waals surface area contributed by atoms with Crippen molar-refractivity contribution in [3.05, 3.63) is 34.1 Å². The summed E-state index contributed by atoms with van der Waals surface area (Å²) >= 11 is 3.04. The maximum Gasteiger partial charge on any atom is 0.137 e. The maximum atomic E-state index is 13.0. The highest BCUT2D eigenvalue weighted by Crippen LogP contribution is 2.21. The van der Waals surface area contributed by atoms with Crippen molar-refractivity contribution in [2.75, 3.05) is 0 Å². The van der Waals surface area contributed by atoms with Crippen LogP contribution in [0.4, 0.5) is 4.39 Å². The van der Waals surface area contributed by atoms with E-state index in [-0.39, 0.29) is 5.82 Å². The number of nitrogens with two attached hydrogens (primary N) is 1. The number of rotatable bonds is 2. The number of aliphatic hydroxyl groups excluding tert-OH is 1. The molecule has 2 nitrogen and oxygen atoms in total. The lowest BCUT2D eigenvalue weighted by molar-refractivity contribution is 0.164. The van der Waals surface area contributed by atoms with Gasteiger partial charge in [0, 0.05) is 0 Å². The normalized spacial score (nSPS) is 15.5. The second kappa shape index (κ2) is 4.17. The van der Waals surface area contributed by atoms with Gasteiger partial charge in [0.25, 0.3) is 0 Å². The highest BCUT2D eigenvalue weighted by molar-refractivity contribution is 9.10. The molecule has 0 saturated heterocycles. The van der Waals surface area contributed by atoms with Gasteiger partial charge in [-0.15, -0.1) is 0 Å². The topological polar surface area (TPSA) is 46.2 Å². The predicted molar refractivity (Wildman–Crippen MR) is 52.7 cm³/mol. The van der Waals surface area contributed by atoms with E-state index in [0.29, 0.717) is 10.0 Å². The Bertz CT molecular complexity index is 304. The van der Waals surface area contributed by atoms with Crippen LogP contribution in [0.1, 0.15) is 18.5 Å². The van der Waals surface area contributed by atoms with Gasteiger partial charge in [0.2, 0.25) is 0 Å². The third-order valence-corrected chi connectivity index (χ3v) is 2.49. The lowest BCUT2D eigenvalue weighted by Gasteiger charge is -2.15. The van der Waals surface area contributed by atoms with E-state index < -0.39 is 12.1 Å². The first-order valence-corrected chi connectivity index (χ1v) is 4.70. The number of halogens is 2. The smallest absolute Gasteiger partial charge is 0.137 e. The molecule has 72 valence electrons. The molecule has 0 spiro atoms. The van der Waals surface area contributed by atoms with Crippen LogP contribution in [0.15, 0.2) is 22.7 Å². The molecule has 3 N–H and O–H groups in total. The van der Waals surface area contributed by atoms with Gasteiger partial charge < -0.3 is 10.8 Å². The molecule has 0 unspecified atom stereocenters. The van der Waals surface area contributed by atoms with Crippen LogP contribution in [0.3, 0.4) is 0 Å². The van der Waals surface area contributed by atoms with Gasteiger partial charge >= 0.3 is 0 Å². The largest absolute Gasteiger partial charge is 0.391 e. The van der Waals surface area contributed by atoms with E-state index in [0.717, 1.165) is 0 Å². The first-order chi connectivity index (χ1) is 6.02. The van der Waals surface area contributed by atoms with Crippen LogP contribution in [-0.2, 0) is 0 Å². The Morgan fingerprint density at radius 1 is 1.54 bits per heavy atom. The molecule has 1 rings (SSSR count). The predicted octanol–water partition coefficient (Wildman–Crippen LogP) is 1.97. The lowest BCUT2D eigenvalue weighted by Crippen LogP contribution is -2.23. The number of hydrogen-bond acceptors (Lipinski definition) is 2. The fourth-order valence-corrected chi connectivity index (χ4v) is 1.24. The van der Waals surface area contributed by atoms with Gasteiger partial charge in [-0.1, -0.05) is 6.07 Å². The lowest BCUT2D eigenvalue weighted by atomic mass is 10.0. The van der Waals surface area contributed by atoms with Crippen molar-refractivity contribution < 1.29 is 9.50 Å². The third kappa shape index (κ3) is 2.49. The molecule has 0 heterocycles. The van der Waals surface area contributed by atoms with Crippen LogP contribution < -0.4 is 5.73 Å². The molecular weight excluding hydrogens is 237 g/mol. The average molecular weight is 248 g/mol. The molecule has 2 atom stereocenters. The van der Waals surface area contributed by atoms with E-state index in [1.54, 1.807) is 19.1 Å². The summed E-state index contributed by atoms with van der Waals surface area (Å²) in [6, 6.07) is 4.04. The molecule has 0 saturated carbocycles. The summed E-state index contributed by atoms with van der Waals surface area (Å²) in [7, 11) is 0. The van der Waals surface area contributed by atoms with E-state index in [1.807, 2.05) is 0 Å². The summed E-state index contributed by atoms with van der Waals surface area (Å²) in [6.07, 6.45) is -0.680. The molecule has 0 aliphatic heterocycles. The first kappa shape index (κ1) is 10.6. The van der Waals surface area contributed by atoms with Crippen molar-refractivity contribution in [1.29, 1.82) is 0 Å². The molecular formula is C9H11BrFNO. The van der Waals surface area contributed by atoms with Gasteiger partial charge in [-0.3, -0.25) is 0 Å². The summed E-state index contributed by atoms with van der Waals surface area (Å²) < 4.78 is 13.4. The second-order valence-corrected chi connectivity index (χ2v) is 3.79. The fourth-order valence-electron chi connectivity index (χ4n) is 0.998. The monoisotopic (exact) mass is 247 g/mol. The summed E-state index contributed by atoms with van der Waals surface area (Å²) in [5.74, 6) is -0.367. The summed E-state index contributed by atoms with van der Waals surface area (Å²) in [6.45, 7) is 1.57. The number of hydrogen-bond donors (Lipinski definition) is 2. The molecule has 1 aromatic rings. The standard InChI is InChI=1S/C9H11BrFNO/c1-5(13)9(12)6-2-3-7(10)8(11)4-6/h2-5,9,13H,12H2,1H3/t5-,9-/m0/s1. The molecule has 0 aromatic heterocycles. The van der Waals surface area contributed by atoms with Crippen LogP contribution in [0.5, 0.6) is 0 Å². The minimum Gasteiger partial charge on any atom is -0.391 e. The summed E-state index contributed by atoms with van der Waals surface area (Å²) in [5, 5.41) is 9.18. The zero-order valence-electron chi connectivity index (χ0n) is 7.17. The Morgan fingerprint density at radius 2 is 2.15 bits per heavy atom. The molecule has 13 heavy (non-hydrogen) atoms. The van der Waals surface area contributed by atoms with Crippen LogP contribution in [-0.4, -0.2) is 11.2 Å². The quantitative estimate of drug-likeness (QED) is 0.840. The Kier molecular flexibility index (Phi) is 3.41. The molecule has 0 bridgehead atoms. The molecule has 0 aliphatic rings. The zero-order chi connectivity index (χ0) is 10.0. The van der Waals surface area contributed by atoms with Crippen LogP contribution in [0.2, 0.25) is 0 Å². The summed E-state index contributed by atoms with van der Waals surface area (Å²) in [4.78, 5) is 0. The Hall–Kier alpha value is -0.450. The molecule has 4 heteroatoms. The van der Waals surface area contributed by atoms with Gasteiger partial charge in [0.05, 0.1) is 16.6 Å². The fraction of sp³-hybridized carbons (Fsp3) is 0.333. The highest BCUT2D eigenvalue weighted by Gasteiger charge is 2.13. The Labute approximate surface area is 84.7 Å². The Balaban J connectivity index is 2.97. The third-order valence-electron chi connectivity index (χ3n) is 1.85. The van der Waals surface area contributed by atoms with Crippen molar-refractivity contribution in [2.24, 2.45) is 5.73 Å². The Morgan fingerprint density at radius 3 is 2.62 bits per heavy atom. The number of benzene rings is 1. The average Bonchev–Trinajstić information content (AvgIpc) is 2.08. The minimum absolute atomic E-state index is 0.367. The zero-order valence-corrected chi connectivity index (χ0v) is 8.75. The second-order valence-electron chi connectivity index (χ2n) is 2.94. The van der Waals surface area contributed by atoms with Gasteiger partial charge in [-0.05, 0) is 40.5 Å². The van der Waals surface area contributed by atoms with E-state index >= 15 is 0 Å².